The number of rotatable bonds is 6. The Bertz CT molecular complexity index is 413. The van der Waals surface area contributed by atoms with Crippen molar-refractivity contribution in [3.05, 3.63) is 28.8 Å². The van der Waals surface area contributed by atoms with Gasteiger partial charge in [-0.1, -0.05) is 25.4 Å². The van der Waals surface area contributed by atoms with E-state index in [9.17, 15) is 9.18 Å². The van der Waals surface area contributed by atoms with Gasteiger partial charge in [-0.05, 0) is 12.0 Å². The molecule has 0 fully saturated rings. The number of hydrogen-bond donors (Lipinski definition) is 1. The van der Waals surface area contributed by atoms with Crippen molar-refractivity contribution in [2.45, 2.75) is 13.8 Å². The lowest BCUT2D eigenvalue weighted by Crippen LogP contribution is -2.28. The molecule has 6 heteroatoms. The van der Waals surface area contributed by atoms with Crippen LogP contribution in [0.3, 0.4) is 0 Å². The van der Waals surface area contributed by atoms with E-state index in [0.717, 1.165) is 12.3 Å². The highest BCUT2D eigenvalue weighted by atomic mass is 35.5. The van der Waals surface area contributed by atoms with Crippen molar-refractivity contribution in [3.63, 3.8) is 0 Å². The number of halogens is 2. The first-order valence-corrected chi connectivity index (χ1v) is 6.05. The molecule has 0 saturated heterocycles. The van der Waals surface area contributed by atoms with Gasteiger partial charge >= 0.3 is 0 Å². The number of nitrogens with zero attached hydrogens (tertiary/aromatic N) is 1. The predicted octanol–water partition coefficient (Wildman–Crippen LogP) is 2.28. The molecule has 0 atom stereocenters. The van der Waals surface area contributed by atoms with Crippen LogP contribution in [0.15, 0.2) is 12.3 Å². The normalized spacial score (nSPS) is 10.7. The van der Waals surface area contributed by atoms with Gasteiger partial charge in [0.05, 0.1) is 18.4 Å². The molecule has 1 aromatic heterocycles. The van der Waals surface area contributed by atoms with Crippen molar-refractivity contribution in [1.82, 2.24) is 10.3 Å². The third-order valence-corrected chi connectivity index (χ3v) is 2.33. The molecule has 1 rings (SSSR count). The van der Waals surface area contributed by atoms with E-state index in [4.69, 9.17) is 16.3 Å². The van der Waals surface area contributed by atoms with Gasteiger partial charge in [-0.2, -0.15) is 0 Å². The number of nitrogens with one attached hydrogen (secondary N) is 1. The number of aromatic nitrogens is 1. The molecule has 0 aliphatic heterocycles. The first kappa shape index (κ1) is 14.9. The highest BCUT2D eigenvalue weighted by Crippen LogP contribution is 2.13. The first-order chi connectivity index (χ1) is 8.50. The van der Waals surface area contributed by atoms with E-state index < -0.39 is 11.7 Å². The molecule has 0 unspecified atom stereocenters. The van der Waals surface area contributed by atoms with Crippen LogP contribution in [0.2, 0.25) is 5.15 Å². The average Bonchev–Trinajstić information content (AvgIpc) is 2.31. The van der Waals surface area contributed by atoms with Gasteiger partial charge in [-0.3, -0.25) is 4.79 Å². The minimum absolute atomic E-state index is 0.0167. The Morgan fingerprint density at radius 3 is 3.00 bits per heavy atom. The van der Waals surface area contributed by atoms with Crippen molar-refractivity contribution < 1.29 is 13.9 Å². The van der Waals surface area contributed by atoms with Gasteiger partial charge in [0.1, 0.15) is 11.0 Å². The van der Waals surface area contributed by atoms with Crippen LogP contribution in [0.4, 0.5) is 4.39 Å². The van der Waals surface area contributed by atoms with Crippen molar-refractivity contribution in [2.75, 3.05) is 19.8 Å². The van der Waals surface area contributed by atoms with Gasteiger partial charge in [0.15, 0.2) is 0 Å². The zero-order valence-electron chi connectivity index (χ0n) is 10.4. The lowest BCUT2D eigenvalue weighted by Gasteiger charge is -2.08. The van der Waals surface area contributed by atoms with E-state index in [-0.39, 0.29) is 10.7 Å². The molecule has 0 aliphatic rings. The molecule has 1 heterocycles. The number of hydrogen-bond acceptors (Lipinski definition) is 3. The second kappa shape index (κ2) is 7.28. The van der Waals surface area contributed by atoms with Crippen molar-refractivity contribution >= 4 is 17.5 Å². The lowest BCUT2D eigenvalue weighted by atomic mass is 10.2. The Balaban J connectivity index is 2.39. The molecular weight excluding hydrogens is 259 g/mol. The SMILES string of the molecule is CC(C)COCCNC(=O)c1cc(F)cnc1Cl. The van der Waals surface area contributed by atoms with Crippen LogP contribution in [0.1, 0.15) is 24.2 Å². The number of carbonyl (C=O) groups excluding carboxylic acids is 1. The van der Waals surface area contributed by atoms with E-state index >= 15 is 0 Å². The maximum atomic E-state index is 12.9. The number of amides is 1. The standard InChI is InChI=1S/C12H16ClFN2O2/c1-8(2)7-18-4-3-15-12(17)10-5-9(14)6-16-11(10)13/h5-6,8H,3-4,7H2,1-2H3,(H,15,17). The summed E-state index contributed by atoms with van der Waals surface area (Å²) in [5.74, 6) is -0.608. The third-order valence-electron chi connectivity index (χ3n) is 2.03. The van der Waals surface area contributed by atoms with Crippen LogP contribution in [0.25, 0.3) is 0 Å². The molecule has 0 saturated carbocycles. The highest BCUT2D eigenvalue weighted by molar-refractivity contribution is 6.32. The first-order valence-electron chi connectivity index (χ1n) is 5.67. The molecule has 0 bridgehead atoms. The van der Waals surface area contributed by atoms with Gasteiger partial charge in [0.25, 0.3) is 5.91 Å². The second-order valence-electron chi connectivity index (χ2n) is 4.22. The summed E-state index contributed by atoms with van der Waals surface area (Å²) in [7, 11) is 0. The fourth-order valence-corrected chi connectivity index (χ4v) is 1.42. The number of carbonyl (C=O) groups is 1. The molecular formula is C12H16ClFN2O2. The quantitative estimate of drug-likeness (QED) is 0.640. The van der Waals surface area contributed by atoms with Crippen molar-refractivity contribution in [2.24, 2.45) is 5.92 Å². The Morgan fingerprint density at radius 1 is 1.61 bits per heavy atom. The Hall–Kier alpha value is -1.20. The summed E-state index contributed by atoms with van der Waals surface area (Å²) in [4.78, 5) is 15.2. The minimum Gasteiger partial charge on any atom is -0.379 e. The Kier molecular flexibility index (Phi) is 6.01. The summed E-state index contributed by atoms with van der Waals surface area (Å²) in [6.45, 7) is 5.47. The Labute approximate surface area is 110 Å². The molecule has 4 nitrogen and oxygen atoms in total. The smallest absolute Gasteiger partial charge is 0.254 e. The van der Waals surface area contributed by atoms with E-state index in [0.29, 0.717) is 25.7 Å². The lowest BCUT2D eigenvalue weighted by molar-refractivity contribution is 0.0885. The predicted molar refractivity (Wildman–Crippen MR) is 67.2 cm³/mol. The summed E-state index contributed by atoms with van der Waals surface area (Å²) >= 11 is 5.70. The summed E-state index contributed by atoms with van der Waals surface area (Å²) in [6.07, 6.45) is 0.963. The minimum atomic E-state index is -0.597. The third kappa shape index (κ3) is 4.98. The van der Waals surface area contributed by atoms with Crippen molar-refractivity contribution in [1.29, 1.82) is 0 Å². The van der Waals surface area contributed by atoms with Gasteiger partial charge < -0.3 is 10.1 Å². The van der Waals surface area contributed by atoms with Crippen LogP contribution in [-0.2, 0) is 4.74 Å². The molecule has 0 radical (unpaired) electrons. The maximum Gasteiger partial charge on any atom is 0.254 e. The zero-order valence-corrected chi connectivity index (χ0v) is 11.1. The zero-order chi connectivity index (χ0) is 13.5. The fourth-order valence-electron chi connectivity index (χ4n) is 1.23. The van der Waals surface area contributed by atoms with Gasteiger partial charge in [0.2, 0.25) is 0 Å². The molecule has 0 spiro atoms. The summed E-state index contributed by atoms with van der Waals surface area (Å²) < 4.78 is 18.2. The summed E-state index contributed by atoms with van der Waals surface area (Å²) in [6, 6.07) is 1.06. The highest BCUT2D eigenvalue weighted by Gasteiger charge is 2.12. The largest absolute Gasteiger partial charge is 0.379 e. The topological polar surface area (TPSA) is 51.2 Å². The molecule has 100 valence electrons. The van der Waals surface area contributed by atoms with E-state index in [1.165, 1.54) is 0 Å². The molecule has 0 aromatic carbocycles. The van der Waals surface area contributed by atoms with Crippen LogP contribution < -0.4 is 5.32 Å². The molecule has 1 amide bonds. The van der Waals surface area contributed by atoms with Gasteiger partial charge in [0, 0.05) is 13.2 Å². The van der Waals surface area contributed by atoms with Crippen molar-refractivity contribution in [3.8, 4) is 0 Å². The van der Waals surface area contributed by atoms with Crippen LogP contribution in [0.5, 0.6) is 0 Å². The van der Waals surface area contributed by atoms with E-state index in [1.807, 2.05) is 13.8 Å². The monoisotopic (exact) mass is 274 g/mol. The molecule has 0 aliphatic carbocycles. The molecule has 1 aromatic rings. The summed E-state index contributed by atoms with van der Waals surface area (Å²) in [5.41, 5.74) is 0.0283. The van der Waals surface area contributed by atoms with Crippen LogP contribution in [-0.4, -0.2) is 30.6 Å². The van der Waals surface area contributed by atoms with E-state index in [2.05, 4.69) is 10.3 Å². The number of pyridine rings is 1. The average molecular weight is 275 g/mol. The van der Waals surface area contributed by atoms with Crippen LogP contribution >= 0.6 is 11.6 Å². The second-order valence-corrected chi connectivity index (χ2v) is 4.57. The van der Waals surface area contributed by atoms with Gasteiger partial charge in [-0.25, -0.2) is 9.37 Å². The summed E-state index contributed by atoms with van der Waals surface area (Å²) in [5, 5.41) is 2.57. The fraction of sp³-hybridized carbons (Fsp3) is 0.500. The number of ether oxygens (including phenoxy) is 1. The maximum absolute atomic E-state index is 12.9. The van der Waals surface area contributed by atoms with E-state index in [1.54, 1.807) is 0 Å². The van der Waals surface area contributed by atoms with Crippen LogP contribution in [0, 0.1) is 11.7 Å². The molecule has 18 heavy (non-hydrogen) atoms. The molecule has 1 N–H and O–H groups in total. The Morgan fingerprint density at radius 2 is 2.33 bits per heavy atom. The van der Waals surface area contributed by atoms with Gasteiger partial charge in [-0.15, -0.1) is 0 Å².